The van der Waals surface area contributed by atoms with Crippen molar-refractivity contribution in [3.63, 3.8) is 0 Å². The largest absolute Gasteiger partial charge is 0.490 e. The number of unbranched alkanes of at least 4 members (excludes halogenated alkanes) is 19. The molecule has 48 heavy (non-hydrogen) atoms. The summed E-state index contributed by atoms with van der Waals surface area (Å²) in [5, 5.41) is 0. The molecule has 0 aliphatic heterocycles. The van der Waals surface area contributed by atoms with E-state index >= 15 is 0 Å². The fourth-order valence-electron chi connectivity index (χ4n) is 6.40. The number of hydrogen-bond donors (Lipinski definition) is 0. The maximum Gasteiger partial charge on any atom is 0.343 e. The smallest absolute Gasteiger partial charge is 0.343 e. The summed E-state index contributed by atoms with van der Waals surface area (Å²) in [7, 11) is 0. The van der Waals surface area contributed by atoms with Gasteiger partial charge in [-0.15, -0.1) is 0 Å². The first-order valence-electron chi connectivity index (χ1n) is 20.3. The van der Waals surface area contributed by atoms with Gasteiger partial charge in [-0.3, -0.25) is 0 Å². The number of benzene rings is 2. The summed E-state index contributed by atoms with van der Waals surface area (Å²) < 4.78 is 18.1. The van der Waals surface area contributed by atoms with E-state index in [0.29, 0.717) is 11.3 Å². The van der Waals surface area contributed by atoms with Gasteiger partial charge in [0.05, 0.1) is 17.8 Å². The molecule has 0 N–H and O–H groups in total. The molecule has 0 fully saturated rings. The van der Waals surface area contributed by atoms with Crippen LogP contribution in [-0.2, 0) is 4.74 Å². The highest BCUT2D eigenvalue weighted by Gasteiger charge is 2.13. The van der Waals surface area contributed by atoms with Crippen LogP contribution in [0.4, 0.5) is 0 Å². The molecule has 0 heterocycles. The zero-order valence-electron chi connectivity index (χ0n) is 31.6. The Morgan fingerprint density at radius 2 is 0.979 bits per heavy atom. The van der Waals surface area contributed by atoms with Crippen LogP contribution in [0.2, 0.25) is 0 Å². The van der Waals surface area contributed by atoms with E-state index in [1.165, 1.54) is 128 Å². The summed E-state index contributed by atoms with van der Waals surface area (Å²) in [4.78, 5) is 12.8. The van der Waals surface area contributed by atoms with Crippen LogP contribution in [0.3, 0.4) is 0 Å². The first kappa shape index (κ1) is 41.8. The van der Waals surface area contributed by atoms with E-state index in [4.69, 9.17) is 14.2 Å². The summed E-state index contributed by atoms with van der Waals surface area (Å²) in [6.07, 6.45) is 31.7. The number of hydrogen-bond acceptors (Lipinski definition) is 4. The Balaban J connectivity index is 1.62. The van der Waals surface area contributed by atoms with E-state index in [-0.39, 0.29) is 18.2 Å². The number of carbonyl (C=O) groups excluding carboxylic acids is 1. The molecule has 0 aliphatic carbocycles. The lowest BCUT2D eigenvalue weighted by Gasteiger charge is -2.19. The molecule has 0 saturated heterocycles. The predicted octanol–water partition coefficient (Wildman–Crippen LogP) is 14.2. The minimum Gasteiger partial charge on any atom is -0.490 e. The van der Waals surface area contributed by atoms with E-state index in [0.717, 1.165) is 43.6 Å². The summed E-state index contributed by atoms with van der Waals surface area (Å²) in [6, 6.07) is 15.1. The molecule has 272 valence electrons. The fourth-order valence-corrected chi connectivity index (χ4v) is 6.40. The van der Waals surface area contributed by atoms with E-state index < -0.39 is 0 Å². The van der Waals surface area contributed by atoms with Crippen molar-refractivity contribution in [3.05, 3.63) is 59.7 Å². The van der Waals surface area contributed by atoms with Crippen molar-refractivity contribution in [3.8, 4) is 11.5 Å². The molecule has 0 aliphatic rings. The van der Waals surface area contributed by atoms with Crippen molar-refractivity contribution in [2.24, 2.45) is 0 Å². The Labute approximate surface area is 296 Å². The van der Waals surface area contributed by atoms with Gasteiger partial charge in [0.25, 0.3) is 0 Å². The van der Waals surface area contributed by atoms with Gasteiger partial charge in [-0.25, -0.2) is 4.79 Å². The van der Waals surface area contributed by atoms with Crippen LogP contribution in [0.1, 0.15) is 204 Å². The third kappa shape index (κ3) is 20.2. The number of ether oxygens (including phenoxy) is 3. The van der Waals surface area contributed by atoms with Gasteiger partial charge < -0.3 is 14.2 Å². The quantitative estimate of drug-likeness (QED) is 0.0457. The summed E-state index contributed by atoms with van der Waals surface area (Å²) in [5.74, 6) is 1.02. The maximum atomic E-state index is 12.8. The van der Waals surface area contributed by atoms with Gasteiger partial charge in [0, 0.05) is 6.61 Å². The molecular weight excluding hydrogens is 592 g/mol. The molecular formula is C44H72O4. The van der Waals surface area contributed by atoms with Crippen LogP contribution in [0, 0.1) is 0 Å². The van der Waals surface area contributed by atoms with Crippen LogP contribution >= 0.6 is 0 Å². The van der Waals surface area contributed by atoms with Gasteiger partial charge in [0.2, 0.25) is 0 Å². The fraction of sp³-hybridized carbons (Fsp3) is 0.705. The van der Waals surface area contributed by atoms with Gasteiger partial charge >= 0.3 is 5.97 Å². The average molecular weight is 665 g/mol. The molecule has 4 nitrogen and oxygen atoms in total. The normalized spacial score (nSPS) is 12.6. The van der Waals surface area contributed by atoms with Crippen LogP contribution in [0.25, 0.3) is 0 Å². The Hall–Kier alpha value is -2.33. The first-order valence-corrected chi connectivity index (χ1v) is 20.3. The summed E-state index contributed by atoms with van der Waals surface area (Å²) in [5.41, 5.74) is 1.62. The van der Waals surface area contributed by atoms with Crippen LogP contribution in [0.15, 0.2) is 48.5 Å². The molecule has 0 bridgehead atoms. The monoisotopic (exact) mass is 665 g/mol. The first-order chi connectivity index (χ1) is 23.6. The Bertz CT molecular complexity index is 1020. The number of rotatable bonds is 31. The van der Waals surface area contributed by atoms with Crippen LogP contribution in [-0.4, -0.2) is 18.7 Å². The third-order valence-corrected chi connectivity index (χ3v) is 9.56. The SMILES string of the molecule is CCCCCCCCCCCCCCOC(C)c1ccc(C(=O)Oc2ccc(OC(CCC)CCCCCCCCCCC)cc2)cc1. The Morgan fingerprint density at radius 1 is 0.521 bits per heavy atom. The van der Waals surface area contributed by atoms with Crippen molar-refractivity contribution in [2.75, 3.05) is 6.61 Å². The molecule has 0 aromatic heterocycles. The second-order valence-electron chi connectivity index (χ2n) is 14.0. The lowest BCUT2D eigenvalue weighted by atomic mass is 10.0. The summed E-state index contributed by atoms with van der Waals surface area (Å²) >= 11 is 0. The topological polar surface area (TPSA) is 44.8 Å². The molecule has 0 spiro atoms. The van der Waals surface area contributed by atoms with E-state index in [1.54, 1.807) is 0 Å². The van der Waals surface area contributed by atoms with Crippen molar-refractivity contribution >= 4 is 5.97 Å². The molecule has 2 aromatic rings. The van der Waals surface area contributed by atoms with E-state index in [1.807, 2.05) is 48.5 Å². The van der Waals surface area contributed by atoms with E-state index in [2.05, 4.69) is 27.7 Å². The number of carbonyl (C=O) groups is 1. The molecule has 2 unspecified atom stereocenters. The molecule has 2 atom stereocenters. The van der Waals surface area contributed by atoms with Gasteiger partial charge in [0.15, 0.2) is 0 Å². The van der Waals surface area contributed by atoms with Gasteiger partial charge in [-0.1, -0.05) is 161 Å². The highest BCUT2D eigenvalue weighted by Crippen LogP contribution is 2.24. The minimum atomic E-state index is -0.352. The van der Waals surface area contributed by atoms with Gasteiger partial charge in [0.1, 0.15) is 11.5 Å². The van der Waals surface area contributed by atoms with Crippen molar-refractivity contribution in [1.82, 2.24) is 0 Å². The average Bonchev–Trinajstić information content (AvgIpc) is 3.10. The molecule has 0 radical (unpaired) electrons. The molecule has 0 saturated carbocycles. The summed E-state index contributed by atoms with van der Waals surface area (Å²) in [6.45, 7) is 9.63. The van der Waals surface area contributed by atoms with Crippen LogP contribution < -0.4 is 9.47 Å². The lowest BCUT2D eigenvalue weighted by Crippen LogP contribution is -2.16. The van der Waals surface area contributed by atoms with Crippen LogP contribution in [0.5, 0.6) is 11.5 Å². The van der Waals surface area contributed by atoms with Gasteiger partial charge in [-0.05, 0) is 74.6 Å². The minimum absolute atomic E-state index is 0.00665. The Morgan fingerprint density at radius 3 is 1.48 bits per heavy atom. The Kier molecular flexibility index (Phi) is 24.8. The maximum absolute atomic E-state index is 12.8. The molecule has 4 heteroatoms. The van der Waals surface area contributed by atoms with E-state index in [9.17, 15) is 4.79 Å². The molecule has 0 amide bonds. The molecule has 2 rings (SSSR count). The van der Waals surface area contributed by atoms with Crippen molar-refractivity contribution in [2.45, 2.75) is 194 Å². The van der Waals surface area contributed by atoms with Crippen molar-refractivity contribution < 1.29 is 19.0 Å². The molecule has 2 aromatic carbocycles. The second-order valence-corrected chi connectivity index (χ2v) is 14.0. The standard InChI is InChI=1S/C44H72O4/c1-5-8-10-12-14-16-17-18-20-22-24-26-37-46-38(4)39-29-31-40(32-30-39)44(45)48-43-35-33-42(34-36-43)47-41(27-7-3)28-25-23-21-19-15-13-11-9-6-2/h29-36,38,41H,5-28,37H2,1-4H3. The highest BCUT2D eigenvalue weighted by molar-refractivity contribution is 5.91. The lowest BCUT2D eigenvalue weighted by molar-refractivity contribution is 0.0626. The predicted molar refractivity (Wildman–Crippen MR) is 204 cm³/mol. The second kappa shape index (κ2) is 28.5. The van der Waals surface area contributed by atoms with Crippen molar-refractivity contribution in [1.29, 1.82) is 0 Å². The zero-order valence-corrected chi connectivity index (χ0v) is 31.6. The zero-order chi connectivity index (χ0) is 34.5. The number of esters is 1. The third-order valence-electron chi connectivity index (χ3n) is 9.56. The van der Waals surface area contributed by atoms with Gasteiger partial charge in [-0.2, -0.15) is 0 Å². The highest BCUT2D eigenvalue weighted by atomic mass is 16.5.